The first-order valence-electron chi connectivity index (χ1n) is 8.15. The zero-order valence-electron chi connectivity index (χ0n) is 15.0. The molecule has 0 aliphatic heterocycles. The van der Waals surface area contributed by atoms with Gasteiger partial charge in [0.15, 0.2) is 0 Å². The van der Waals surface area contributed by atoms with Crippen molar-refractivity contribution in [1.29, 1.82) is 0 Å². The molecule has 0 aromatic heterocycles. The third kappa shape index (κ3) is 6.06. The second-order valence-electron chi connectivity index (χ2n) is 6.00. The number of halogens is 6. The number of carboxylic acid groups (broad SMARTS) is 1. The Hall–Kier alpha value is -2.36. The molecule has 0 saturated heterocycles. The van der Waals surface area contributed by atoms with Gasteiger partial charge in [-0.3, -0.25) is 4.79 Å². The number of carboxylic acids is 1. The van der Waals surface area contributed by atoms with E-state index >= 15 is 0 Å². The SMILES string of the molecule is COc1cc(C(F)(F)F)c(CC(=O)O)c(CSCC(F)(F)F)c1-c1ccccc1. The lowest BCUT2D eigenvalue weighted by molar-refractivity contribution is -0.139. The molecule has 0 saturated carbocycles. The number of benzene rings is 2. The highest BCUT2D eigenvalue weighted by Gasteiger charge is 2.37. The topological polar surface area (TPSA) is 46.5 Å². The molecule has 0 fully saturated rings. The van der Waals surface area contributed by atoms with Gasteiger partial charge in [-0.05, 0) is 22.8 Å². The lowest BCUT2D eigenvalue weighted by atomic mass is 9.89. The van der Waals surface area contributed by atoms with E-state index in [4.69, 9.17) is 9.84 Å². The van der Waals surface area contributed by atoms with Crippen molar-refractivity contribution in [3.63, 3.8) is 0 Å². The average molecular weight is 438 g/mol. The summed E-state index contributed by atoms with van der Waals surface area (Å²) < 4.78 is 83.7. The fourth-order valence-corrected chi connectivity index (χ4v) is 3.73. The Labute approximate surface area is 166 Å². The van der Waals surface area contributed by atoms with Crippen LogP contribution in [0.5, 0.6) is 5.75 Å². The van der Waals surface area contributed by atoms with E-state index in [1.54, 1.807) is 30.3 Å². The highest BCUT2D eigenvalue weighted by molar-refractivity contribution is 7.98. The Morgan fingerprint density at radius 1 is 1.07 bits per heavy atom. The van der Waals surface area contributed by atoms with Gasteiger partial charge in [0.1, 0.15) is 5.75 Å². The maximum atomic E-state index is 13.6. The summed E-state index contributed by atoms with van der Waals surface area (Å²) in [5, 5.41) is 9.14. The molecule has 0 atom stereocenters. The van der Waals surface area contributed by atoms with Crippen molar-refractivity contribution in [3.05, 3.63) is 53.1 Å². The van der Waals surface area contributed by atoms with Crippen molar-refractivity contribution in [2.24, 2.45) is 0 Å². The van der Waals surface area contributed by atoms with Crippen LogP contribution in [0.2, 0.25) is 0 Å². The molecule has 0 spiro atoms. The second kappa shape index (κ2) is 8.98. The molecule has 0 radical (unpaired) electrons. The molecule has 3 nitrogen and oxygen atoms in total. The van der Waals surface area contributed by atoms with Crippen molar-refractivity contribution in [2.45, 2.75) is 24.5 Å². The van der Waals surface area contributed by atoms with Gasteiger partial charge in [0.05, 0.1) is 24.8 Å². The van der Waals surface area contributed by atoms with E-state index < -0.39 is 47.4 Å². The number of rotatable bonds is 7. The molecule has 0 aliphatic carbocycles. The third-order valence-electron chi connectivity index (χ3n) is 3.94. The van der Waals surface area contributed by atoms with Gasteiger partial charge in [-0.2, -0.15) is 26.3 Å². The van der Waals surface area contributed by atoms with E-state index in [1.165, 1.54) is 0 Å². The van der Waals surface area contributed by atoms with Crippen molar-refractivity contribution < 1.29 is 41.0 Å². The van der Waals surface area contributed by atoms with E-state index in [0.29, 0.717) is 23.4 Å². The molecule has 2 aromatic carbocycles. The van der Waals surface area contributed by atoms with E-state index in [1.807, 2.05) is 0 Å². The van der Waals surface area contributed by atoms with Crippen LogP contribution >= 0.6 is 11.8 Å². The van der Waals surface area contributed by atoms with Crippen LogP contribution in [0.15, 0.2) is 36.4 Å². The molecule has 158 valence electrons. The lowest BCUT2D eigenvalue weighted by Crippen LogP contribution is -2.17. The number of alkyl halides is 6. The minimum Gasteiger partial charge on any atom is -0.496 e. The van der Waals surface area contributed by atoms with Gasteiger partial charge in [-0.1, -0.05) is 30.3 Å². The Morgan fingerprint density at radius 3 is 2.17 bits per heavy atom. The van der Waals surface area contributed by atoms with Crippen LogP contribution in [-0.4, -0.2) is 30.1 Å². The van der Waals surface area contributed by atoms with Gasteiger partial charge in [-0.15, -0.1) is 11.8 Å². The first-order valence-corrected chi connectivity index (χ1v) is 9.31. The summed E-state index contributed by atoms with van der Waals surface area (Å²) in [5.74, 6) is -3.47. The Balaban J connectivity index is 2.77. The summed E-state index contributed by atoms with van der Waals surface area (Å²) in [6, 6.07) is 8.70. The van der Waals surface area contributed by atoms with E-state index in [-0.39, 0.29) is 16.9 Å². The Kier molecular flexibility index (Phi) is 7.10. The van der Waals surface area contributed by atoms with Gasteiger partial charge in [0.2, 0.25) is 0 Å². The van der Waals surface area contributed by atoms with Gasteiger partial charge in [-0.25, -0.2) is 0 Å². The average Bonchev–Trinajstić information content (AvgIpc) is 2.60. The van der Waals surface area contributed by atoms with Gasteiger partial charge >= 0.3 is 18.3 Å². The van der Waals surface area contributed by atoms with Crippen LogP contribution in [0, 0.1) is 0 Å². The Morgan fingerprint density at radius 2 is 1.69 bits per heavy atom. The first kappa shape index (κ1) is 22.9. The minimum absolute atomic E-state index is 0.139. The smallest absolute Gasteiger partial charge is 0.416 e. The number of aliphatic carboxylic acids is 1. The number of hydrogen-bond donors (Lipinski definition) is 1. The summed E-state index contributed by atoms with van der Waals surface area (Å²) in [7, 11) is 1.14. The molecular weight excluding hydrogens is 422 g/mol. The predicted molar refractivity (Wildman–Crippen MR) is 97.0 cm³/mol. The standard InChI is InChI=1S/C19H16F6O3S/c1-28-15-8-14(19(23,24)25)12(7-16(26)27)13(9-29-10-18(20,21)22)17(15)11-5-3-2-4-6-11/h2-6,8H,7,9-10H2,1H3,(H,26,27). The van der Waals surface area contributed by atoms with Crippen LogP contribution in [0.3, 0.4) is 0 Å². The summed E-state index contributed by atoms with van der Waals surface area (Å²) in [5.41, 5.74) is -1.39. The quantitative estimate of drug-likeness (QED) is 0.555. The number of ether oxygens (including phenoxy) is 1. The number of methoxy groups -OCH3 is 1. The van der Waals surface area contributed by atoms with Crippen LogP contribution in [-0.2, 0) is 23.1 Å². The van der Waals surface area contributed by atoms with Crippen LogP contribution in [0.4, 0.5) is 26.3 Å². The maximum absolute atomic E-state index is 13.6. The first-order chi connectivity index (χ1) is 13.4. The molecule has 0 amide bonds. The summed E-state index contributed by atoms with van der Waals surface area (Å²) in [6.07, 6.45) is -10.4. The van der Waals surface area contributed by atoms with E-state index in [2.05, 4.69) is 0 Å². The fourth-order valence-electron chi connectivity index (χ4n) is 2.87. The largest absolute Gasteiger partial charge is 0.496 e. The van der Waals surface area contributed by atoms with Crippen molar-refractivity contribution in [2.75, 3.05) is 12.9 Å². The van der Waals surface area contributed by atoms with Gasteiger partial charge in [0, 0.05) is 11.3 Å². The van der Waals surface area contributed by atoms with E-state index in [0.717, 1.165) is 7.11 Å². The summed E-state index contributed by atoms with van der Waals surface area (Å²) in [4.78, 5) is 11.3. The molecule has 29 heavy (non-hydrogen) atoms. The van der Waals surface area contributed by atoms with Crippen molar-refractivity contribution >= 4 is 17.7 Å². The zero-order chi connectivity index (χ0) is 21.8. The molecule has 0 heterocycles. The molecule has 10 heteroatoms. The summed E-state index contributed by atoms with van der Waals surface area (Å²) >= 11 is 0.361. The fraction of sp³-hybridized carbons (Fsp3) is 0.316. The Bertz CT molecular complexity index is 863. The monoisotopic (exact) mass is 438 g/mol. The minimum atomic E-state index is -4.91. The van der Waals surface area contributed by atoms with Crippen molar-refractivity contribution in [3.8, 4) is 16.9 Å². The predicted octanol–water partition coefficient (Wildman–Crippen LogP) is 5.80. The van der Waals surface area contributed by atoms with Crippen molar-refractivity contribution in [1.82, 2.24) is 0 Å². The van der Waals surface area contributed by atoms with Gasteiger partial charge < -0.3 is 9.84 Å². The molecule has 1 N–H and O–H groups in total. The lowest BCUT2D eigenvalue weighted by Gasteiger charge is -2.22. The van der Waals surface area contributed by atoms with Crippen LogP contribution in [0.25, 0.3) is 11.1 Å². The second-order valence-corrected chi connectivity index (χ2v) is 6.99. The van der Waals surface area contributed by atoms with Crippen LogP contribution < -0.4 is 4.74 Å². The third-order valence-corrected chi connectivity index (χ3v) is 4.97. The number of carbonyl (C=O) groups is 1. The molecule has 0 aliphatic rings. The highest BCUT2D eigenvalue weighted by Crippen LogP contribution is 2.44. The number of hydrogen-bond acceptors (Lipinski definition) is 3. The van der Waals surface area contributed by atoms with Gasteiger partial charge in [0.25, 0.3) is 0 Å². The number of thioether (sulfide) groups is 1. The van der Waals surface area contributed by atoms with Crippen LogP contribution in [0.1, 0.15) is 16.7 Å². The molecular formula is C19H16F6O3S. The normalized spacial score (nSPS) is 12.1. The molecule has 0 bridgehead atoms. The molecule has 0 unspecified atom stereocenters. The van der Waals surface area contributed by atoms with E-state index in [9.17, 15) is 31.1 Å². The molecule has 2 rings (SSSR count). The highest BCUT2D eigenvalue weighted by atomic mass is 32.2. The maximum Gasteiger partial charge on any atom is 0.416 e. The molecule has 2 aromatic rings. The summed E-state index contributed by atoms with van der Waals surface area (Å²) in [6.45, 7) is 0. The zero-order valence-corrected chi connectivity index (χ0v) is 15.8.